The highest BCUT2D eigenvalue weighted by Gasteiger charge is 2.27. The molecule has 2 unspecified atom stereocenters. The minimum atomic E-state index is 0.132. The molecule has 2 N–H and O–H groups in total. The predicted molar refractivity (Wildman–Crippen MR) is 105 cm³/mol. The van der Waals surface area contributed by atoms with Crippen LogP contribution in [0.3, 0.4) is 0 Å². The van der Waals surface area contributed by atoms with Crippen LogP contribution in [-0.4, -0.2) is 17.6 Å². The summed E-state index contributed by atoms with van der Waals surface area (Å²) < 4.78 is 6.11. The van der Waals surface area contributed by atoms with Gasteiger partial charge in [-0.1, -0.05) is 52.0 Å². The van der Waals surface area contributed by atoms with E-state index in [0.29, 0.717) is 12.5 Å². The smallest absolute Gasteiger partial charge is 0.142 e. The van der Waals surface area contributed by atoms with Crippen molar-refractivity contribution in [3.63, 3.8) is 0 Å². The Labute approximate surface area is 149 Å². The van der Waals surface area contributed by atoms with Crippen molar-refractivity contribution < 1.29 is 4.74 Å². The highest BCUT2D eigenvalue weighted by atomic mass is 16.5. The van der Waals surface area contributed by atoms with Crippen molar-refractivity contribution in [2.75, 3.05) is 11.9 Å². The van der Waals surface area contributed by atoms with Gasteiger partial charge in [0, 0.05) is 17.1 Å². The lowest BCUT2D eigenvalue weighted by Gasteiger charge is -2.32. The van der Waals surface area contributed by atoms with E-state index in [1.165, 1.54) is 22.2 Å². The van der Waals surface area contributed by atoms with Gasteiger partial charge in [-0.2, -0.15) is 0 Å². The molecule has 4 rings (SSSR count). The minimum absolute atomic E-state index is 0.132. The zero-order valence-corrected chi connectivity index (χ0v) is 15.4. The number of nitrogens with one attached hydrogen (secondary N) is 2. The van der Waals surface area contributed by atoms with Crippen molar-refractivity contribution >= 4 is 16.6 Å². The number of hydrogen-bond donors (Lipinski definition) is 2. The molecule has 0 saturated heterocycles. The van der Waals surface area contributed by atoms with Crippen molar-refractivity contribution in [3.8, 4) is 5.75 Å². The maximum absolute atomic E-state index is 6.11. The van der Waals surface area contributed by atoms with Gasteiger partial charge in [-0.3, -0.25) is 0 Å². The summed E-state index contributed by atoms with van der Waals surface area (Å²) in [5, 5.41) is 4.93. The minimum Gasteiger partial charge on any atom is -0.489 e. The second-order valence-electron chi connectivity index (χ2n) is 8.12. The van der Waals surface area contributed by atoms with Crippen molar-refractivity contribution in [2.24, 2.45) is 0 Å². The van der Waals surface area contributed by atoms with Gasteiger partial charge in [-0.05, 0) is 40.6 Å². The van der Waals surface area contributed by atoms with Gasteiger partial charge in [0.25, 0.3) is 0 Å². The van der Waals surface area contributed by atoms with Crippen LogP contribution in [-0.2, 0) is 5.41 Å². The topological polar surface area (TPSA) is 37.0 Å². The number of fused-ring (bicyclic) bond motifs is 2. The lowest BCUT2D eigenvalue weighted by molar-refractivity contribution is 0.269. The normalized spacial score (nSPS) is 18.3. The average Bonchev–Trinajstić information content (AvgIpc) is 3.03. The molecule has 3 nitrogen and oxygen atoms in total. The Morgan fingerprint density at radius 3 is 2.64 bits per heavy atom. The second kappa shape index (κ2) is 5.83. The first-order valence-corrected chi connectivity index (χ1v) is 9.03. The van der Waals surface area contributed by atoms with Crippen molar-refractivity contribution in [3.05, 3.63) is 59.8 Å². The summed E-state index contributed by atoms with van der Waals surface area (Å²) in [6.45, 7) is 9.61. The van der Waals surface area contributed by atoms with Crippen LogP contribution in [0, 0.1) is 0 Å². The zero-order valence-electron chi connectivity index (χ0n) is 15.4. The molecule has 2 heterocycles. The number of rotatable bonds is 2. The lowest BCUT2D eigenvalue weighted by Crippen LogP contribution is -2.36. The highest BCUT2D eigenvalue weighted by Crippen LogP contribution is 2.36. The van der Waals surface area contributed by atoms with E-state index in [1.54, 1.807) is 0 Å². The van der Waals surface area contributed by atoms with Crippen LogP contribution >= 0.6 is 0 Å². The lowest BCUT2D eigenvalue weighted by atomic mass is 9.86. The van der Waals surface area contributed by atoms with Gasteiger partial charge in [0.1, 0.15) is 12.4 Å². The fourth-order valence-electron chi connectivity index (χ4n) is 3.48. The quantitative estimate of drug-likeness (QED) is 0.654. The molecule has 25 heavy (non-hydrogen) atoms. The standard InChI is InChI=1S/C22H26N2O/c1-14(19-11-15-7-5-6-8-17(15)23-19)20-13-25-21-12-16(22(2,3)4)9-10-18(21)24-20/h5-12,14,20,23-24H,13H2,1-4H3. The molecule has 1 aromatic heterocycles. The Bertz CT molecular complexity index is 871. The van der Waals surface area contributed by atoms with Crippen molar-refractivity contribution in [1.29, 1.82) is 0 Å². The van der Waals surface area contributed by atoms with Gasteiger partial charge in [-0.25, -0.2) is 0 Å². The van der Waals surface area contributed by atoms with Crippen LogP contribution in [0.4, 0.5) is 5.69 Å². The van der Waals surface area contributed by atoms with Crippen LogP contribution in [0.5, 0.6) is 5.75 Å². The Morgan fingerprint density at radius 2 is 1.88 bits per heavy atom. The third kappa shape index (κ3) is 2.99. The van der Waals surface area contributed by atoms with Crippen molar-refractivity contribution in [2.45, 2.75) is 45.1 Å². The number of aromatic nitrogens is 1. The van der Waals surface area contributed by atoms with Gasteiger partial charge in [0.05, 0.1) is 11.7 Å². The predicted octanol–water partition coefficient (Wildman–Crippen LogP) is 5.44. The number of benzene rings is 2. The highest BCUT2D eigenvalue weighted by molar-refractivity contribution is 5.80. The third-order valence-electron chi connectivity index (χ3n) is 5.25. The summed E-state index contributed by atoms with van der Waals surface area (Å²) in [5.41, 5.74) is 4.96. The summed E-state index contributed by atoms with van der Waals surface area (Å²) in [5.74, 6) is 1.30. The first-order valence-electron chi connectivity index (χ1n) is 9.03. The summed E-state index contributed by atoms with van der Waals surface area (Å²) in [4.78, 5) is 3.55. The number of H-pyrrole nitrogens is 1. The van der Waals surface area contributed by atoms with Crippen LogP contribution in [0.25, 0.3) is 10.9 Å². The van der Waals surface area contributed by atoms with Crippen LogP contribution in [0.2, 0.25) is 0 Å². The molecule has 2 atom stereocenters. The van der Waals surface area contributed by atoms with E-state index in [0.717, 1.165) is 11.4 Å². The Balaban J connectivity index is 1.57. The number of ether oxygens (including phenoxy) is 1. The summed E-state index contributed by atoms with van der Waals surface area (Å²) in [6.07, 6.45) is 0. The molecule has 0 amide bonds. The average molecular weight is 334 g/mol. The van der Waals surface area contributed by atoms with E-state index in [9.17, 15) is 0 Å². The van der Waals surface area contributed by atoms with Gasteiger partial charge in [0.2, 0.25) is 0 Å². The SMILES string of the molecule is CC(c1cc2ccccc2[nH]1)C1COc2cc(C(C)(C)C)ccc2N1. The number of aromatic amines is 1. The maximum atomic E-state index is 6.11. The van der Waals surface area contributed by atoms with Gasteiger partial charge in [0.15, 0.2) is 0 Å². The van der Waals surface area contributed by atoms with Crippen LogP contribution < -0.4 is 10.1 Å². The summed E-state index contributed by atoms with van der Waals surface area (Å²) >= 11 is 0. The first kappa shape index (κ1) is 16.1. The Kier molecular flexibility index (Phi) is 3.75. The van der Waals surface area contributed by atoms with Gasteiger partial charge >= 0.3 is 0 Å². The fraction of sp³-hybridized carbons (Fsp3) is 0.364. The molecular weight excluding hydrogens is 308 g/mol. The van der Waals surface area contributed by atoms with E-state index >= 15 is 0 Å². The van der Waals surface area contributed by atoms with Crippen LogP contribution in [0.15, 0.2) is 48.5 Å². The first-order chi connectivity index (χ1) is 11.9. The largest absolute Gasteiger partial charge is 0.489 e. The zero-order chi connectivity index (χ0) is 17.6. The van der Waals surface area contributed by atoms with Crippen LogP contribution in [0.1, 0.15) is 44.9 Å². The van der Waals surface area contributed by atoms with E-state index in [2.05, 4.69) is 86.5 Å². The molecule has 0 fully saturated rings. The second-order valence-corrected chi connectivity index (χ2v) is 8.12. The molecule has 2 aromatic carbocycles. The molecule has 130 valence electrons. The molecule has 1 aliphatic rings. The molecule has 0 spiro atoms. The van der Waals surface area contributed by atoms with Gasteiger partial charge < -0.3 is 15.0 Å². The van der Waals surface area contributed by atoms with Gasteiger partial charge in [-0.15, -0.1) is 0 Å². The van der Waals surface area contributed by atoms with E-state index < -0.39 is 0 Å². The molecule has 0 bridgehead atoms. The molecule has 0 radical (unpaired) electrons. The van der Waals surface area contributed by atoms with Crippen molar-refractivity contribution in [1.82, 2.24) is 4.98 Å². The molecule has 0 saturated carbocycles. The molecular formula is C22H26N2O. The fourth-order valence-corrected chi connectivity index (χ4v) is 3.48. The third-order valence-corrected chi connectivity index (χ3v) is 5.25. The van der Waals surface area contributed by atoms with E-state index in [4.69, 9.17) is 4.74 Å². The molecule has 3 aromatic rings. The Morgan fingerprint density at radius 1 is 1.08 bits per heavy atom. The monoisotopic (exact) mass is 334 g/mol. The number of hydrogen-bond acceptors (Lipinski definition) is 2. The number of para-hydroxylation sites is 1. The summed E-state index contributed by atoms with van der Waals surface area (Å²) in [7, 11) is 0. The molecule has 0 aliphatic carbocycles. The molecule has 1 aliphatic heterocycles. The maximum Gasteiger partial charge on any atom is 0.142 e. The number of anilines is 1. The summed E-state index contributed by atoms with van der Waals surface area (Å²) in [6, 6.07) is 17.4. The van der Waals surface area contributed by atoms with E-state index in [-0.39, 0.29) is 11.5 Å². The molecule has 3 heteroatoms. The van der Waals surface area contributed by atoms with E-state index in [1.807, 2.05) is 0 Å². The Hall–Kier alpha value is -2.42.